The van der Waals surface area contributed by atoms with Gasteiger partial charge in [-0.05, 0) is 17.2 Å². The van der Waals surface area contributed by atoms with Crippen LogP contribution in [0.1, 0.15) is 22.2 Å². The molecule has 130 valence electrons. The second-order valence-corrected chi connectivity index (χ2v) is 7.26. The number of nitrogens with two attached hydrogens (primary N) is 1. The second kappa shape index (κ2) is 7.99. The summed E-state index contributed by atoms with van der Waals surface area (Å²) in [7, 11) is 1.53. The summed E-state index contributed by atoms with van der Waals surface area (Å²) in [6, 6.07) is 10.3. The number of hydrogen-bond acceptors (Lipinski definition) is 6. The summed E-state index contributed by atoms with van der Waals surface area (Å²) >= 11 is 3.06. The molecule has 0 bridgehead atoms. The molecule has 0 saturated carbocycles. The average molecular weight is 381 g/mol. The maximum Gasteiger partial charge on any atom is 0.165 e. The van der Waals surface area contributed by atoms with Crippen LogP contribution in [0.2, 0.25) is 0 Å². The highest BCUT2D eigenvalue weighted by molar-refractivity contribution is 7.15. The first-order chi connectivity index (χ1) is 12.7. The minimum absolute atomic E-state index is 0.260. The molecule has 0 atom stereocenters. The molecule has 0 spiro atoms. The van der Waals surface area contributed by atoms with E-state index in [1.54, 1.807) is 17.5 Å². The van der Waals surface area contributed by atoms with Crippen molar-refractivity contribution in [2.24, 2.45) is 21.2 Å². The number of amidine groups is 1. The molecule has 2 N–H and O–H groups in total. The molecule has 2 heterocycles. The third kappa shape index (κ3) is 3.40. The first kappa shape index (κ1) is 17.9. The predicted octanol–water partition coefficient (Wildman–Crippen LogP) is 4.67. The monoisotopic (exact) mass is 380 g/mol. The molecular weight excluding hydrogens is 364 g/mol. The van der Waals surface area contributed by atoms with Gasteiger partial charge in [-0.25, -0.2) is 4.98 Å². The molecule has 0 fully saturated rings. The Morgan fingerprint density at radius 3 is 2.58 bits per heavy atom. The van der Waals surface area contributed by atoms with Crippen LogP contribution >= 0.6 is 22.7 Å². The number of nitrogens with zero attached hydrogens (tertiary/aromatic N) is 5. The topological polar surface area (TPSA) is 99.8 Å². The Hall–Kier alpha value is -2.89. The molecule has 0 amide bonds. The summed E-state index contributed by atoms with van der Waals surface area (Å²) in [5.74, 6) is 0.260. The van der Waals surface area contributed by atoms with Crippen LogP contribution in [0, 0.1) is 11.3 Å². The summed E-state index contributed by atoms with van der Waals surface area (Å²) in [6.45, 7) is 2.02. The lowest BCUT2D eigenvalue weighted by molar-refractivity contribution is 1.02. The highest BCUT2D eigenvalue weighted by atomic mass is 32.1. The number of rotatable bonds is 5. The summed E-state index contributed by atoms with van der Waals surface area (Å²) in [5, 5.41) is 23.8. The zero-order valence-corrected chi connectivity index (χ0v) is 15.9. The molecule has 0 radical (unpaired) electrons. The van der Waals surface area contributed by atoms with Crippen LogP contribution in [0.5, 0.6) is 0 Å². The first-order valence-electron chi connectivity index (χ1n) is 7.88. The maximum atomic E-state index is 9.69. The van der Waals surface area contributed by atoms with Crippen molar-refractivity contribution in [2.75, 3.05) is 7.05 Å². The van der Waals surface area contributed by atoms with E-state index in [0.29, 0.717) is 5.56 Å². The van der Waals surface area contributed by atoms with Gasteiger partial charge in [0.1, 0.15) is 11.1 Å². The van der Waals surface area contributed by atoms with Gasteiger partial charge in [0.25, 0.3) is 0 Å². The van der Waals surface area contributed by atoms with Crippen molar-refractivity contribution in [3.8, 4) is 27.8 Å². The van der Waals surface area contributed by atoms with Crippen LogP contribution in [0.15, 0.2) is 51.3 Å². The van der Waals surface area contributed by atoms with E-state index < -0.39 is 0 Å². The van der Waals surface area contributed by atoms with Gasteiger partial charge >= 0.3 is 0 Å². The van der Waals surface area contributed by atoms with E-state index in [4.69, 9.17) is 5.73 Å². The molecule has 3 aromatic rings. The van der Waals surface area contributed by atoms with Crippen molar-refractivity contribution in [3.63, 3.8) is 0 Å². The zero-order valence-electron chi connectivity index (χ0n) is 14.3. The van der Waals surface area contributed by atoms with Crippen LogP contribution in [0.3, 0.4) is 0 Å². The number of hydrogen-bond donors (Lipinski definition) is 1. The van der Waals surface area contributed by atoms with Crippen molar-refractivity contribution in [2.45, 2.75) is 13.3 Å². The van der Waals surface area contributed by atoms with E-state index in [2.05, 4.69) is 26.5 Å². The number of nitriles is 1. The zero-order chi connectivity index (χ0) is 18.5. The maximum absolute atomic E-state index is 9.69. The van der Waals surface area contributed by atoms with Crippen molar-refractivity contribution in [1.82, 2.24) is 4.98 Å². The summed E-state index contributed by atoms with van der Waals surface area (Å²) in [4.78, 5) is 6.05. The van der Waals surface area contributed by atoms with E-state index in [9.17, 15) is 5.26 Å². The van der Waals surface area contributed by atoms with Crippen molar-refractivity contribution < 1.29 is 0 Å². The number of benzene rings is 1. The molecule has 2 aromatic heterocycles. The van der Waals surface area contributed by atoms with Gasteiger partial charge in [-0.3, -0.25) is 0 Å². The minimum Gasteiger partial charge on any atom is -0.381 e. The van der Waals surface area contributed by atoms with Crippen LogP contribution < -0.4 is 5.73 Å². The molecule has 0 aliphatic heterocycles. The lowest BCUT2D eigenvalue weighted by Crippen LogP contribution is -2.12. The summed E-state index contributed by atoms with van der Waals surface area (Å²) in [6.07, 6.45) is 2.53. The van der Waals surface area contributed by atoms with Gasteiger partial charge in [-0.2, -0.15) is 10.4 Å². The first-order valence-corrected chi connectivity index (χ1v) is 9.57. The molecule has 6 nitrogen and oxygen atoms in total. The van der Waals surface area contributed by atoms with Crippen LogP contribution in [0.4, 0.5) is 0 Å². The standard InChI is InChI=1S/C18H16N6S2/c1-3-14-13(10-19)15(16(26-14)17(20)23-24-21-2)11-4-6-12(7-5-11)18-22-8-9-25-18/h4-9H,3H2,1-2H3,(H2,20,21,23). The quantitative estimate of drug-likeness (QED) is 0.301. The number of aryl methyl sites for hydroxylation is 1. The molecule has 26 heavy (non-hydrogen) atoms. The Morgan fingerprint density at radius 1 is 1.27 bits per heavy atom. The van der Waals surface area contributed by atoms with Gasteiger partial charge in [0, 0.05) is 27.6 Å². The number of thiophene rings is 1. The highest BCUT2D eigenvalue weighted by Gasteiger charge is 2.21. The van der Waals surface area contributed by atoms with Gasteiger partial charge in [0.2, 0.25) is 0 Å². The molecule has 0 aliphatic carbocycles. The third-order valence-corrected chi connectivity index (χ3v) is 5.92. The van der Waals surface area contributed by atoms with Gasteiger partial charge < -0.3 is 5.73 Å². The lowest BCUT2D eigenvalue weighted by Gasteiger charge is -2.05. The fraction of sp³-hybridized carbons (Fsp3) is 0.167. The molecule has 0 aliphatic rings. The normalized spacial score (nSPS) is 11.8. The van der Waals surface area contributed by atoms with Crippen LogP contribution in [-0.4, -0.2) is 17.9 Å². The Labute approximate surface area is 159 Å². The Morgan fingerprint density at radius 2 is 2.00 bits per heavy atom. The largest absolute Gasteiger partial charge is 0.381 e. The lowest BCUT2D eigenvalue weighted by atomic mass is 9.98. The smallest absolute Gasteiger partial charge is 0.165 e. The molecule has 3 rings (SSSR count). The van der Waals surface area contributed by atoms with Crippen LogP contribution in [0.25, 0.3) is 21.7 Å². The van der Waals surface area contributed by atoms with Gasteiger partial charge in [0.05, 0.1) is 17.5 Å². The Bertz CT molecular complexity index is 992. The summed E-state index contributed by atoms with van der Waals surface area (Å²) < 4.78 is 0. The van der Waals surface area contributed by atoms with Gasteiger partial charge in [-0.1, -0.05) is 31.2 Å². The van der Waals surface area contributed by atoms with E-state index in [1.807, 2.05) is 36.6 Å². The van der Waals surface area contributed by atoms with E-state index >= 15 is 0 Å². The third-order valence-electron chi connectivity index (χ3n) is 3.74. The summed E-state index contributed by atoms with van der Waals surface area (Å²) in [5.41, 5.74) is 9.50. The average Bonchev–Trinajstić information content (AvgIpc) is 3.33. The predicted molar refractivity (Wildman–Crippen MR) is 106 cm³/mol. The molecule has 1 aromatic carbocycles. The molecular formula is C18H16N6S2. The molecule has 0 unspecified atom stereocenters. The van der Waals surface area contributed by atoms with Crippen molar-refractivity contribution >= 4 is 28.5 Å². The van der Waals surface area contributed by atoms with E-state index in [1.165, 1.54) is 18.4 Å². The molecule has 8 heteroatoms. The molecule has 0 saturated heterocycles. The number of aromatic nitrogens is 1. The fourth-order valence-corrected chi connectivity index (χ4v) is 4.34. The minimum atomic E-state index is 0.260. The van der Waals surface area contributed by atoms with Gasteiger partial charge in [0.15, 0.2) is 5.84 Å². The SMILES string of the molecule is CCc1sc(C(N)=NN=NC)c(-c2ccc(-c3nccs3)cc2)c1C#N. The fourth-order valence-electron chi connectivity index (χ4n) is 2.58. The van der Waals surface area contributed by atoms with Crippen LogP contribution in [-0.2, 0) is 6.42 Å². The van der Waals surface area contributed by atoms with E-state index in [0.717, 1.165) is 37.9 Å². The Balaban J connectivity index is 2.14. The van der Waals surface area contributed by atoms with E-state index in [-0.39, 0.29) is 5.84 Å². The Kier molecular flexibility index (Phi) is 5.51. The van der Waals surface area contributed by atoms with Crippen molar-refractivity contribution in [3.05, 3.63) is 51.2 Å². The van der Waals surface area contributed by atoms with Gasteiger partial charge in [-0.15, -0.1) is 27.8 Å². The second-order valence-electron chi connectivity index (χ2n) is 5.26. The van der Waals surface area contributed by atoms with Crippen molar-refractivity contribution in [1.29, 1.82) is 5.26 Å². The highest BCUT2D eigenvalue weighted by Crippen LogP contribution is 2.37. The number of thiazole rings is 1.